The van der Waals surface area contributed by atoms with Gasteiger partial charge in [-0.1, -0.05) is 35.9 Å². The molecular weight excluding hydrogens is 490 g/mol. The SMILES string of the molecule is COc1ccc(C)cc1N(CC(=O)Nc1ccccc1C(=O)N1CCCC1)S(=O)(=O)c1ccc(C)cc1. The van der Waals surface area contributed by atoms with Gasteiger partial charge in [-0.05, 0) is 68.7 Å². The van der Waals surface area contributed by atoms with E-state index in [1.54, 1.807) is 59.5 Å². The molecule has 8 nitrogen and oxygen atoms in total. The Morgan fingerprint density at radius 2 is 1.59 bits per heavy atom. The molecule has 0 saturated carbocycles. The lowest BCUT2D eigenvalue weighted by Crippen LogP contribution is -2.38. The van der Waals surface area contributed by atoms with Crippen LogP contribution in [0.3, 0.4) is 0 Å². The molecule has 0 radical (unpaired) electrons. The van der Waals surface area contributed by atoms with E-state index in [1.807, 2.05) is 13.8 Å². The van der Waals surface area contributed by atoms with E-state index >= 15 is 0 Å². The highest BCUT2D eigenvalue weighted by molar-refractivity contribution is 7.92. The average Bonchev–Trinajstić information content (AvgIpc) is 3.42. The number of para-hydroxylation sites is 1. The summed E-state index contributed by atoms with van der Waals surface area (Å²) in [4.78, 5) is 28.2. The Kier molecular flexibility index (Phi) is 7.83. The molecule has 0 aliphatic carbocycles. The van der Waals surface area contributed by atoms with Gasteiger partial charge in [-0.2, -0.15) is 0 Å². The average molecular weight is 522 g/mol. The standard InChI is InChI=1S/C28H31N3O5S/c1-20-10-13-22(14-11-20)37(34,35)31(25-18-21(2)12-15-26(25)36-3)19-27(32)29-24-9-5-4-8-23(24)28(33)30-16-6-7-17-30/h4-5,8-15,18H,6-7,16-17,19H2,1-3H3,(H,29,32). The molecule has 3 aromatic carbocycles. The van der Waals surface area contributed by atoms with Crippen LogP contribution in [0.1, 0.15) is 34.3 Å². The van der Waals surface area contributed by atoms with Gasteiger partial charge in [0.15, 0.2) is 0 Å². The Morgan fingerprint density at radius 1 is 0.946 bits per heavy atom. The molecule has 1 N–H and O–H groups in total. The number of nitrogens with one attached hydrogen (secondary N) is 1. The molecule has 0 atom stereocenters. The molecule has 1 heterocycles. The first kappa shape index (κ1) is 26.2. The van der Waals surface area contributed by atoms with E-state index in [2.05, 4.69) is 5.32 Å². The van der Waals surface area contributed by atoms with E-state index in [0.29, 0.717) is 30.1 Å². The van der Waals surface area contributed by atoms with Crippen LogP contribution in [0.15, 0.2) is 71.6 Å². The van der Waals surface area contributed by atoms with Crippen molar-refractivity contribution < 1.29 is 22.7 Å². The summed E-state index contributed by atoms with van der Waals surface area (Å²) >= 11 is 0. The zero-order chi connectivity index (χ0) is 26.6. The molecule has 1 aliphatic heterocycles. The van der Waals surface area contributed by atoms with Gasteiger partial charge in [0, 0.05) is 13.1 Å². The quantitative estimate of drug-likeness (QED) is 0.475. The number of anilines is 2. The molecule has 1 aliphatic rings. The number of carbonyl (C=O) groups is 2. The zero-order valence-electron chi connectivity index (χ0n) is 21.2. The Bertz CT molecular complexity index is 1400. The number of benzene rings is 3. The number of nitrogens with zero attached hydrogens (tertiary/aromatic N) is 2. The summed E-state index contributed by atoms with van der Waals surface area (Å²) in [7, 11) is -2.68. The molecule has 9 heteroatoms. The molecule has 1 saturated heterocycles. The Labute approximate surface area is 217 Å². The van der Waals surface area contributed by atoms with Crippen molar-refractivity contribution in [3.05, 3.63) is 83.4 Å². The van der Waals surface area contributed by atoms with Crippen molar-refractivity contribution in [1.82, 2.24) is 4.90 Å². The van der Waals surface area contributed by atoms with Crippen LogP contribution in [0.5, 0.6) is 5.75 Å². The molecular formula is C28H31N3O5S. The Balaban J connectivity index is 1.68. The first-order valence-corrected chi connectivity index (χ1v) is 13.6. The first-order chi connectivity index (χ1) is 17.7. The maximum atomic E-state index is 13.8. The number of carbonyl (C=O) groups excluding carboxylic acids is 2. The monoisotopic (exact) mass is 521 g/mol. The molecule has 2 amide bonds. The number of rotatable bonds is 8. The summed E-state index contributed by atoms with van der Waals surface area (Å²) in [6, 6.07) is 18.4. The molecule has 194 valence electrons. The van der Waals surface area contributed by atoms with Crippen LogP contribution in [-0.2, 0) is 14.8 Å². The number of hydrogen-bond donors (Lipinski definition) is 1. The lowest BCUT2D eigenvalue weighted by Gasteiger charge is -2.26. The second-order valence-corrected chi connectivity index (χ2v) is 11.0. The third kappa shape index (κ3) is 5.77. The highest BCUT2D eigenvalue weighted by atomic mass is 32.2. The molecule has 37 heavy (non-hydrogen) atoms. The zero-order valence-corrected chi connectivity index (χ0v) is 22.0. The smallest absolute Gasteiger partial charge is 0.264 e. The second kappa shape index (κ2) is 11.0. The van der Waals surface area contributed by atoms with Crippen LogP contribution < -0.4 is 14.4 Å². The number of sulfonamides is 1. The summed E-state index contributed by atoms with van der Waals surface area (Å²) in [6.45, 7) is 4.54. The summed E-state index contributed by atoms with van der Waals surface area (Å²) in [5.41, 5.74) is 2.68. The molecule has 0 aromatic heterocycles. The van der Waals surface area contributed by atoms with E-state index in [0.717, 1.165) is 28.3 Å². The number of amides is 2. The summed E-state index contributed by atoms with van der Waals surface area (Å²) in [5.74, 6) is -0.419. The van der Waals surface area contributed by atoms with Gasteiger partial charge in [0.2, 0.25) is 5.91 Å². The summed E-state index contributed by atoms with van der Waals surface area (Å²) < 4.78 is 34.1. The van der Waals surface area contributed by atoms with Crippen LogP contribution in [0, 0.1) is 13.8 Å². The van der Waals surface area contributed by atoms with E-state index in [1.165, 1.54) is 19.2 Å². The van der Waals surface area contributed by atoms with Crippen molar-refractivity contribution in [2.24, 2.45) is 0 Å². The number of methoxy groups -OCH3 is 1. The summed E-state index contributed by atoms with van der Waals surface area (Å²) in [5, 5.41) is 2.77. The first-order valence-electron chi connectivity index (χ1n) is 12.1. The molecule has 3 aromatic rings. The summed E-state index contributed by atoms with van der Waals surface area (Å²) in [6.07, 6.45) is 1.90. The second-order valence-electron chi connectivity index (χ2n) is 9.09. The highest BCUT2D eigenvalue weighted by Gasteiger charge is 2.30. The molecule has 0 bridgehead atoms. The highest BCUT2D eigenvalue weighted by Crippen LogP contribution is 2.33. The lowest BCUT2D eigenvalue weighted by atomic mass is 10.1. The maximum Gasteiger partial charge on any atom is 0.264 e. The van der Waals surface area contributed by atoms with Crippen LogP contribution in [0.25, 0.3) is 0 Å². The molecule has 0 spiro atoms. The van der Waals surface area contributed by atoms with Crippen molar-refractivity contribution in [2.75, 3.05) is 36.4 Å². The van der Waals surface area contributed by atoms with Crippen LogP contribution in [-0.4, -0.2) is 51.9 Å². The van der Waals surface area contributed by atoms with Gasteiger partial charge in [-0.3, -0.25) is 13.9 Å². The number of likely N-dealkylation sites (tertiary alicyclic amines) is 1. The van der Waals surface area contributed by atoms with E-state index in [9.17, 15) is 18.0 Å². The maximum absolute atomic E-state index is 13.8. The lowest BCUT2D eigenvalue weighted by molar-refractivity contribution is -0.114. The van der Waals surface area contributed by atoms with Gasteiger partial charge in [0.25, 0.3) is 15.9 Å². The third-order valence-electron chi connectivity index (χ3n) is 6.32. The van der Waals surface area contributed by atoms with E-state index in [-0.39, 0.29) is 16.5 Å². The Morgan fingerprint density at radius 3 is 2.27 bits per heavy atom. The van der Waals surface area contributed by atoms with Crippen LogP contribution in [0.4, 0.5) is 11.4 Å². The van der Waals surface area contributed by atoms with E-state index in [4.69, 9.17) is 4.74 Å². The minimum Gasteiger partial charge on any atom is -0.495 e. The van der Waals surface area contributed by atoms with Gasteiger partial charge in [0.05, 0.1) is 28.9 Å². The predicted octanol–water partition coefficient (Wildman–Crippen LogP) is 4.38. The van der Waals surface area contributed by atoms with Gasteiger partial charge in [-0.15, -0.1) is 0 Å². The number of ether oxygens (including phenoxy) is 1. The fourth-order valence-corrected chi connectivity index (χ4v) is 5.74. The van der Waals surface area contributed by atoms with Gasteiger partial charge >= 0.3 is 0 Å². The molecule has 4 rings (SSSR count). The third-order valence-corrected chi connectivity index (χ3v) is 8.10. The van der Waals surface area contributed by atoms with Crippen molar-refractivity contribution >= 4 is 33.2 Å². The van der Waals surface area contributed by atoms with Crippen LogP contribution in [0.2, 0.25) is 0 Å². The molecule has 0 unspecified atom stereocenters. The van der Waals surface area contributed by atoms with Crippen molar-refractivity contribution in [1.29, 1.82) is 0 Å². The van der Waals surface area contributed by atoms with Gasteiger partial charge < -0.3 is 15.0 Å². The minimum atomic E-state index is -4.13. The van der Waals surface area contributed by atoms with E-state index < -0.39 is 22.5 Å². The van der Waals surface area contributed by atoms with Gasteiger partial charge in [0.1, 0.15) is 12.3 Å². The van der Waals surface area contributed by atoms with Crippen LogP contribution >= 0.6 is 0 Å². The number of hydrogen-bond acceptors (Lipinski definition) is 5. The van der Waals surface area contributed by atoms with Crippen molar-refractivity contribution in [3.8, 4) is 5.75 Å². The van der Waals surface area contributed by atoms with Crippen molar-refractivity contribution in [3.63, 3.8) is 0 Å². The fourth-order valence-electron chi connectivity index (χ4n) is 4.32. The minimum absolute atomic E-state index is 0.0547. The van der Waals surface area contributed by atoms with Crippen molar-refractivity contribution in [2.45, 2.75) is 31.6 Å². The molecule has 1 fully saturated rings. The topological polar surface area (TPSA) is 96.0 Å². The number of aryl methyl sites for hydroxylation is 2. The normalized spacial score (nSPS) is 13.3. The Hall–Kier alpha value is -3.85. The van der Waals surface area contributed by atoms with Gasteiger partial charge in [-0.25, -0.2) is 8.42 Å². The fraction of sp³-hybridized carbons (Fsp3) is 0.286. The predicted molar refractivity (Wildman–Crippen MR) is 144 cm³/mol. The largest absolute Gasteiger partial charge is 0.495 e.